The third-order valence-corrected chi connectivity index (χ3v) is 7.41. The second-order valence-corrected chi connectivity index (χ2v) is 9.20. The molecule has 2 aliphatic rings. The number of benzene rings is 1. The van der Waals surface area contributed by atoms with E-state index >= 15 is 0 Å². The minimum atomic E-state index is -0.416. The molecule has 7 heteroatoms. The molecule has 0 spiro atoms. The Bertz CT molecular complexity index is 1060. The smallest absolute Gasteiger partial charge is 0.263 e. The first-order valence-corrected chi connectivity index (χ1v) is 11.5. The Labute approximate surface area is 179 Å². The molecule has 3 heterocycles. The van der Waals surface area contributed by atoms with Gasteiger partial charge in [0.1, 0.15) is 6.04 Å². The first-order valence-electron chi connectivity index (χ1n) is 10.5. The number of hydrogen-bond donors (Lipinski definition) is 0. The van der Waals surface area contributed by atoms with Crippen LogP contribution in [-0.4, -0.2) is 31.9 Å². The van der Waals surface area contributed by atoms with E-state index in [2.05, 4.69) is 16.2 Å². The summed E-state index contributed by atoms with van der Waals surface area (Å²) in [7, 11) is 0. The molecule has 2 unspecified atom stereocenters. The lowest BCUT2D eigenvalue weighted by molar-refractivity contribution is 0.0872. The van der Waals surface area contributed by atoms with Crippen molar-refractivity contribution < 1.29 is 4.79 Å². The molecule has 1 saturated heterocycles. The number of rotatable bonds is 5. The fourth-order valence-corrected chi connectivity index (χ4v) is 5.64. The van der Waals surface area contributed by atoms with Gasteiger partial charge >= 0.3 is 0 Å². The molecule has 0 N–H and O–H groups in total. The number of pyridine rings is 1. The SMILES string of the molecule is O=NC(c1c(C2CC2)ccn2cncc12)C1CCCN(C(=O)c2ccccc2)SC1. The van der Waals surface area contributed by atoms with Crippen molar-refractivity contribution in [1.29, 1.82) is 0 Å². The lowest BCUT2D eigenvalue weighted by Crippen LogP contribution is -2.25. The zero-order valence-electron chi connectivity index (χ0n) is 16.7. The number of carbonyl (C=O) groups is 1. The van der Waals surface area contributed by atoms with Gasteiger partial charge in [-0.2, -0.15) is 4.91 Å². The van der Waals surface area contributed by atoms with Crippen molar-refractivity contribution in [3.8, 4) is 0 Å². The number of nitrogens with zero attached hydrogens (tertiary/aromatic N) is 4. The van der Waals surface area contributed by atoms with Crippen LogP contribution in [0.3, 0.4) is 0 Å². The number of carbonyl (C=O) groups excluding carboxylic acids is 1. The van der Waals surface area contributed by atoms with Crippen molar-refractivity contribution in [2.75, 3.05) is 12.3 Å². The lowest BCUT2D eigenvalue weighted by atomic mass is 9.87. The zero-order chi connectivity index (χ0) is 20.5. The van der Waals surface area contributed by atoms with Crippen LogP contribution in [0, 0.1) is 10.8 Å². The molecule has 2 atom stereocenters. The van der Waals surface area contributed by atoms with E-state index in [1.54, 1.807) is 6.33 Å². The van der Waals surface area contributed by atoms with Gasteiger partial charge in [-0.15, -0.1) is 0 Å². The van der Waals surface area contributed by atoms with Crippen LogP contribution in [0.25, 0.3) is 5.52 Å². The van der Waals surface area contributed by atoms with Crippen molar-refractivity contribution in [3.05, 3.63) is 76.7 Å². The van der Waals surface area contributed by atoms with Crippen LogP contribution in [0.1, 0.15) is 59.1 Å². The summed E-state index contributed by atoms with van der Waals surface area (Å²) in [5.74, 6) is 1.36. The molecule has 3 aromatic rings. The topological polar surface area (TPSA) is 67.0 Å². The molecule has 154 valence electrons. The highest BCUT2D eigenvalue weighted by atomic mass is 32.2. The minimum Gasteiger partial charge on any atom is -0.306 e. The number of aromatic nitrogens is 2. The summed E-state index contributed by atoms with van der Waals surface area (Å²) >= 11 is 1.53. The van der Waals surface area contributed by atoms with Gasteiger partial charge in [0.25, 0.3) is 5.91 Å². The summed E-state index contributed by atoms with van der Waals surface area (Å²) in [5, 5.41) is 3.64. The summed E-state index contributed by atoms with van der Waals surface area (Å²) in [6.07, 6.45) is 9.73. The van der Waals surface area contributed by atoms with E-state index in [1.807, 2.05) is 51.4 Å². The number of nitroso groups, excluding NO2 is 1. The standard InChI is InChI=1S/C23H24N4O2S/c28-23(17-5-2-1-3-6-17)27-11-4-7-18(14-30-27)22(25-29)21-19(16-8-9-16)10-12-26-15-24-13-20(21)26/h1-3,5-6,10,12-13,15-16,18,22H,4,7-9,11,14H2. The van der Waals surface area contributed by atoms with Gasteiger partial charge in [0, 0.05) is 29.6 Å². The summed E-state index contributed by atoms with van der Waals surface area (Å²) in [4.78, 5) is 29.3. The van der Waals surface area contributed by atoms with E-state index in [9.17, 15) is 9.70 Å². The largest absolute Gasteiger partial charge is 0.306 e. The predicted octanol–water partition coefficient (Wildman–Crippen LogP) is 5.22. The van der Waals surface area contributed by atoms with Crippen molar-refractivity contribution >= 4 is 23.4 Å². The fraction of sp³-hybridized carbons (Fsp3) is 0.391. The van der Waals surface area contributed by atoms with Crippen molar-refractivity contribution in [2.24, 2.45) is 11.1 Å². The average molecular weight is 421 g/mol. The molecular formula is C23H24N4O2S. The van der Waals surface area contributed by atoms with Gasteiger partial charge < -0.3 is 4.40 Å². The van der Waals surface area contributed by atoms with Gasteiger partial charge in [-0.05, 0) is 73.2 Å². The normalized spacial score (nSPS) is 20.7. The van der Waals surface area contributed by atoms with Gasteiger partial charge in [-0.3, -0.25) is 9.10 Å². The number of hydrogen-bond acceptors (Lipinski definition) is 5. The predicted molar refractivity (Wildman–Crippen MR) is 118 cm³/mol. The monoisotopic (exact) mass is 420 g/mol. The average Bonchev–Trinajstić information content (AvgIpc) is 3.56. The Hall–Kier alpha value is -2.67. The van der Waals surface area contributed by atoms with Crippen LogP contribution in [0.2, 0.25) is 0 Å². The van der Waals surface area contributed by atoms with Gasteiger partial charge in [0.05, 0.1) is 18.0 Å². The highest BCUT2D eigenvalue weighted by molar-refractivity contribution is 7.97. The number of fused-ring (bicyclic) bond motifs is 1. The van der Waals surface area contributed by atoms with Gasteiger partial charge in [-0.25, -0.2) is 4.98 Å². The summed E-state index contributed by atoms with van der Waals surface area (Å²) in [6, 6.07) is 11.1. The molecular weight excluding hydrogens is 396 g/mol. The van der Waals surface area contributed by atoms with E-state index in [4.69, 9.17) is 0 Å². The van der Waals surface area contributed by atoms with Crippen molar-refractivity contribution in [2.45, 2.75) is 37.6 Å². The molecule has 1 aromatic carbocycles. The first kappa shape index (κ1) is 19.3. The van der Waals surface area contributed by atoms with E-state index in [0.29, 0.717) is 23.8 Å². The Morgan fingerprint density at radius 1 is 1.17 bits per heavy atom. The van der Waals surface area contributed by atoms with E-state index < -0.39 is 6.04 Å². The summed E-state index contributed by atoms with van der Waals surface area (Å²) in [5.41, 5.74) is 3.98. The van der Waals surface area contributed by atoms with Crippen LogP contribution in [0.4, 0.5) is 0 Å². The van der Waals surface area contributed by atoms with E-state index in [0.717, 1.165) is 23.9 Å². The fourth-order valence-electron chi connectivity index (χ4n) is 4.44. The van der Waals surface area contributed by atoms with Gasteiger partial charge in [-0.1, -0.05) is 23.4 Å². The van der Waals surface area contributed by atoms with Gasteiger partial charge in [0.2, 0.25) is 0 Å². The quantitative estimate of drug-likeness (QED) is 0.419. The van der Waals surface area contributed by atoms with E-state index in [1.165, 1.54) is 30.4 Å². The molecule has 0 bridgehead atoms. The van der Waals surface area contributed by atoms with Crippen LogP contribution < -0.4 is 0 Å². The van der Waals surface area contributed by atoms with Crippen molar-refractivity contribution in [1.82, 2.24) is 13.7 Å². The molecule has 6 nitrogen and oxygen atoms in total. The molecule has 30 heavy (non-hydrogen) atoms. The van der Waals surface area contributed by atoms with Crippen LogP contribution in [0.15, 0.2) is 60.3 Å². The molecule has 1 aliphatic carbocycles. The maximum Gasteiger partial charge on any atom is 0.263 e. The lowest BCUT2D eigenvalue weighted by Gasteiger charge is -2.23. The van der Waals surface area contributed by atoms with Crippen LogP contribution in [-0.2, 0) is 0 Å². The second-order valence-electron chi connectivity index (χ2n) is 8.17. The Balaban J connectivity index is 1.41. The first-order chi connectivity index (χ1) is 14.8. The highest BCUT2D eigenvalue weighted by Crippen LogP contribution is 2.47. The van der Waals surface area contributed by atoms with Crippen molar-refractivity contribution in [3.63, 3.8) is 0 Å². The molecule has 1 amide bonds. The Morgan fingerprint density at radius 2 is 2.00 bits per heavy atom. The third-order valence-electron chi connectivity index (χ3n) is 6.17. The van der Waals surface area contributed by atoms with Crippen LogP contribution in [0.5, 0.6) is 0 Å². The van der Waals surface area contributed by atoms with Gasteiger partial charge in [0.15, 0.2) is 0 Å². The molecule has 2 fully saturated rings. The Morgan fingerprint density at radius 3 is 2.77 bits per heavy atom. The molecule has 1 saturated carbocycles. The second kappa shape index (κ2) is 8.22. The Kier molecular flexibility index (Phi) is 5.29. The summed E-state index contributed by atoms with van der Waals surface area (Å²) < 4.78 is 3.83. The minimum absolute atomic E-state index is 0.0356. The maximum absolute atomic E-state index is 12.9. The number of amides is 1. The maximum atomic E-state index is 12.9. The molecule has 2 aromatic heterocycles. The molecule has 5 rings (SSSR count). The molecule has 0 radical (unpaired) electrons. The third kappa shape index (κ3) is 3.62. The highest BCUT2D eigenvalue weighted by Gasteiger charge is 2.35. The zero-order valence-corrected chi connectivity index (χ0v) is 17.5. The molecule has 1 aliphatic heterocycles. The van der Waals surface area contributed by atoms with Crippen LogP contribution >= 0.6 is 11.9 Å². The van der Waals surface area contributed by atoms with E-state index in [-0.39, 0.29) is 11.8 Å². The number of imidazole rings is 1. The summed E-state index contributed by atoms with van der Waals surface area (Å²) in [6.45, 7) is 0.687.